The molecular weight excluding hydrogens is 238 g/mol. The lowest BCUT2D eigenvalue weighted by Crippen LogP contribution is -2.28. The first-order valence-corrected chi connectivity index (χ1v) is 6.59. The molecule has 3 heteroatoms. The first kappa shape index (κ1) is 15.4. The van der Waals surface area contributed by atoms with E-state index in [9.17, 15) is 4.79 Å². The Morgan fingerprint density at radius 3 is 2.79 bits per heavy atom. The lowest BCUT2D eigenvalue weighted by Gasteiger charge is -2.13. The fourth-order valence-electron chi connectivity index (χ4n) is 1.75. The SMILES string of the molecule is CC(C)=CC(=O)OC(C)CNCc1cccc(C)c1. The molecule has 104 valence electrons. The number of carbonyl (C=O) groups is 1. The van der Waals surface area contributed by atoms with Gasteiger partial charge in [-0.1, -0.05) is 35.4 Å². The zero-order chi connectivity index (χ0) is 14.3. The Hall–Kier alpha value is -1.61. The van der Waals surface area contributed by atoms with E-state index < -0.39 is 0 Å². The average molecular weight is 261 g/mol. The lowest BCUT2D eigenvalue weighted by atomic mass is 10.1. The van der Waals surface area contributed by atoms with Gasteiger partial charge in [-0.15, -0.1) is 0 Å². The summed E-state index contributed by atoms with van der Waals surface area (Å²) in [6, 6.07) is 8.35. The lowest BCUT2D eigenvalue weighted by molar-refractivity contribution is -0.142. The number of aryl methyl sites for hydroxylation is 1. The van der Waals surface area contributed by atoms with Gasteiger partial charge in [-0.3, -0.25) is 0 Å². The fraction of sp³-hybridized carbons (Fsp3) is 0.438. The number of hydrogen-bond acceptors (Lipinski definition) is 3. The third kappa shape index (κ3) is 6.77. The molecule has 19 heavy (non-hydrogen) atoms. The molecule has 1 unspecified atom stereocenters. The zero-order valence-electron chi connectivity index (χ0n) is 12.2. The van der Waals surface area contributed by atoms with Crippen LogP contribution in [0.4, 0.5) is 0 Å². The topological polar surface area (TPSA) is 38.3 Å². The molecule has 3 nitrogen and oxygen atoms in total. The van der Waals surface area contributed by atoms with Crippen molar-refractivity contribution in [1.82, 2.24) is 5.32 Å². The maximum Gasteiger partial charge on any atom is 0.330 e. The van der Waals surface area contributed by atoms with Crippen molar-refractivity contribution < 1.29 is 9.53 Å². The quantitative estimate of drug-likeness (QED) is 0.632. The molecule has 1 atom stereocenters. The Kier molecular flexibility index (Phi) is 6.30. The van der Waals surface area contributed by atoms with E-state index in [1.54, 1.807) is 0 Å². The maximum absolute atomic E-state index is 11.4. The molecule has 1 rings (SSSR count). The van der Waals surface area contributed by atoms with Crippen molar-refractivity contribution >= 4 is 5.97 Å². The van der Waals surface area contributed by atoms with Gasteiger partial charge in [-0.25, -0.2) is 4.79 Å². The van der Waals surface area contributed by atoms with Gasteiger partial charge < -0.3 is 10.1 Å². The van der Waals surface area contributed by atoms with Gasteiger partial charge in [0.2, 0.25) is 0 Å². The van der Waals surface area contributed by atoms with Crippen LogP contribution >= 0.6 is 0 Å². The van der Waals surface area contributed by atoms with Gasteiger partial charge in [0.25, 0.3) is 0 Å². The molecule has 0 amide bonds. The van der Waals surface area contributed by atoms with E-state index in [1.165, 1.54) is 17.2 Å². The molecule has 0 heterocycles. The first-order chi connectivity index (χ1) is 8.97. The number of benzene rings is 1. The molecule has 0 aromatic heterocycles. The second-order valence-electron chi connectivity index (χ2n) is 5.09. The minimum absolute atomic E-state index is 0.132. The molecule has 0 aliphatic carbocycles. The highest BCUT2D eigenvalue weighted by atomic mass is 16.5. The summed E-state index contributed by atoms with van der Waals surface area (Å²) in [5.41, 5.74) is 3.44. The molecule has 0 fully saturated rings. The molecule has 0 saturated heterocycles. The summed E-state index contributed by atoms with van der Waals surface area (Å²) in [5.74, 6) is -0.273. The highest BCUT2D eigenvalue weighted by Crippen LogP contribution is 2.03. The van der Waals surface area contributed by atoms with Crippen molar-refractivity contribution in [2.45, 2.75) is 40.3 Å². The van der Waals surface area contributed by atoms with E-state index in [-0.39, 0.29) is 12.1 Å². The van der Waals surface area contributed by atoms with Crippen LogP contribution < -0.4 is 5.32 Å². The third-order valence-corrected chi connectivity index (χ3v) is 2.57. The summed E-state index contributed by atoms with van der Waals surface area (Å²) in [7, 11) is 0. The van der Waals surface area contributed by atoms with Crippen molar-refractivity contribution in [3.63, 3.8) is 0 Å². The molecule has 0 aliphatic rings. The Morgan fingerprint density at radius 2 is 2.16 bits per heavy atom. The molecule has 0 spiro atoms. The van der Waals surface area contributed by atoms with Gasteiger partial charge in [-0.05, 0) is 33.3 Å². The van der Waals surface area contributed by atoms with E-state index in [0.29, 0.717) is 6.54 Å². The Balaban J connectivity index is 2.29. The molecular formula is C16H23NO2. The van der Waals surface area contributed by atoms with Crippen LogP contribution in [0.3, 0.4) is 0 Å². The molecule has 1 aromatic rings. The second kappa shape index (κ2) is 7.74. The number of hydrogen-bond donors (Lipinski definition) is 1. The summed E-state index contributed by atoms with van der Waals surface area (Å²) >= 11 is 0. The number of carbonyl (C=O) groups excluding carboxylic acids is 1. The molecule has 1 aromatic carbocycles. The third-order valence-electron chi connectivity index (χ3n) is 2.57. The minimum Gasteiger partial charge on any atom is -0.458 e. The van der Waals surface area contributed by atoms with E-state index in [1.807, 2.05) is 26.8 Å². The van der Waals surface area contributed by atoms with Gasteiger partial charge in [0, 0.05) is 19.2 Å². The van der Waals surface area contributed by atoms with Crippen molar-refractivity contribution in [3.8, 4) is 0 Å². The summed E-state index contributed by atoms with van der Waals surface area (Å²) in [6.07, 6.45) is 1.38. The number of ether oxygens (including phenoxy) is 1. The Labute approximate surface area is 115 Å². The van der Waals surface area contributed by atoms with Crippen LogP contribution in [0.15, 0.2) is 35.9 Å². The van der Waals surface area contributed by atoms with Crippen LogP contribution in [-0.4, -0.2) is 18.6 Å². The molecule has 0 bridgehead atoms. The smallest absolute Gasteiger partial charge is 0.330 e. The Bertz CT molecular complexity index is 448. The van der Waals surface area contributed by atoms with E-state index in [2.05, 4.69) is 30.4 Å². The van der Waals surface area contributed by atoms with Crippen molar-refractivity contribution in [3.05, 3.63) is 47.0 Å². The van der Waals surface area contributed by atoms with Crippen LogP contribution in [0.25, 0.3) is 0 Å². The van der Waals surface area contributed by atoms with Crippen molar-refractivity contribution in [2.24, 2.45) is 0 Å². The summed E-state index contributed by atoms with van der Waals surface area (Å²) in [6.45, 7) is 9.15. The maximum atomic E-state index is 11.4. The average Bonchev–Trinajstić information content (AvgIpc) is 2.27. The number of esters is 1. The van der Waals surface area contributed by atoms with Crippen LogP contribution in [0.2, 0.25) is 0 Å². The van der Waals surface area contributed by atoms with Crippen molar-refractivity contribution in [2.75, 3.05) is 6.54 Å². The summed E-state index contributed by atoms with van der Waals surface area (Å²) in [4.78, 5) is 11.4. The van der Waals surface area contributed by atoms with E-state index in [4.69, 9.17) is 4.74 Å². The van der Waals surface area contributed by atoms with E-state index >= 15 is 0 Å². The predicted molar refractivity (Wildman–Crippen MR) is 77.9 cm³/mol. The van der Waals surface area contributed by atoms with Crippen LogP contribution in [-0.2, 0) is 16.1 Å². The van der Waals surface area contributed by atoms with Crippen LogP contribution in [0.5, 0.6) is 0 Å². The summed E-state index contributed by atoms with van der Waals surface area (Å²) in [5, 5.41) is 3.29. The Morgan fingerprint density at radius 1 is 1.42 bits per heavy atom. The minimum atomic E-state index is -0.273. The highest BCUT2D eigenvalue weighted by molar-refractivity contribution is 5.82. The van der Waals surface area contributed by atoms with Crippen LogP contribution in [0.1, 0.15) is 31.9 Å². The standard InChI is InChI=1S/C16H23NO2/c1-12(2)8-16(18)19-14(4)10-17-11-15-7-5-6-13(3)9-15/h5-9,14,17H,10-11H2,1-4H3. The number of allylic oxidation sites excluding steroid dienone is 1. The van der Waals surface area contributed by atoms with Gasteiger partial charge in [-0.2, -0.15) is 0 Å². The highest BCUT2D eigenvalue weighted by Gasteiger charge is 2.06. The normalized spacial score (nSPS) is 11.8. The molecule has 1 N–H and O–H groups in total. The van der Waals surface area contributed by atoms with Gasteiger partial charge in [0.05, 0.1) is 0 Å². The fourth-order valence-corrected chi connectivity index (χ4v) is 1.75. The van der Waals surface area contributed by atoms with E-state index in [0.717, 1.165) is 12.1 Å². The monoisotopic (exact) mass is 261 g/mol. The predicted octanol–water partition coefficient (Wildman–Crippen LogP) is 2.98. The summed E-state index contributed by atoms with van der Waals surface area (Å²) < 4.78 is 5.25. The molecule has 0 radical (unpaired) electrons. The van der Waals surface area contributed by atoms with Crippen LogP contribution in [0, 0.1) is 6.92 Å². The zero-order valence-corrected chi connectivity index (χ0v) is 12.2. The van der Waals surface area contributed by atoms with Gasteiger partial charge in [0.1, 0.15) is 6.10 Å². The number of rotatable bonds is 6. The molecule has 0 saturated carbocycles. The van der Waals surface area contributed by atoms with Crippen molar-refractivity contribution in [1.29, 1.82) is 0 Å². The first-order valence-electron chi connectivity index (χ1n) is 6.59. The van der Waals surface area contributed by atoms with Gasteiger partial charge in [0.15, 0.2) is 0 Å². The van der Waals surface area contributed by atoms with Gasteiger partial charge >= 0.3 is 5.97 Å². The molecule has 0 aliphatic heterocycles. The second-order valence-corrected chi connectivity index (χ2v) is 5.09. The number of nitrogens with one attached hydrogen (secondary N) is 1. The largest absolute Gasteiger partial charge is 0.458 e.